The second-order valence-corrected chi connectivity index (χ2v) is 7.20. The summed E-state index contributed by atoms with van der Waals surface area (Å²) in [7, 11) is 1.95. The SMILES string of the molecule is C=CCC(C)(C(=C)C=Cc1ccccc1O)c1c(NC)ccc2ccccc12. The van der Waals surface area contributed by atoms with Gasteiger partial charge in [0.2, 0.25) is 0 Å². The molecule has 0 saturated heterocycles. The van der Waals surface area contributed by atoms with Crippen molar-refractivity contribution in [1.29, 1.82) is 0 Å². The van der Waals surface area contributed by atoms with Gasteiger partial charge in [-0.25, -0.2) is 0 Å². The molecule has 0 heterocycles. The third-order valence-electron chi connectivity index (χ3n) is 5.41. The maximum Gasteiger partial charge on any atom is 0.122 e. The molecular formula is C26H27NO. The Labute approximate surface area is 167 Å². The third-order valence-corrected chi connectivity index (χ3v) is 5.41. The van der Waals surface area contributed by atoms with Gasteiger partial charge in [-0.15, -0.1) is 6.58 Å². The summed E-state index contributed by atoms with van der Waals surface area (Å²) in [6.45, 7) is 10.6. The van der Waals surface area contributed by atoms with Gasteiger partial charge in [0.25, 0.3) is 0 Å². The highest BCUT2D eigenvalue weighted by atomic mass is 16.3. The topological polar surface area (TPSA) is 32.3 Å². The molecule has 0 aliphatic carbocycles. The van der Waals surface area contributed by atoms with Crippen molar-refractivity contribution in [1.82, 2.24) is 0 Å². The Kier molecular flexibility index (Phi) is 5.70. The molecule has 2 nitrogen and oxygen atoms in total. The molecule has 142 valence electrons. The van der Waals surface area contributed by atoms with Crippen LogP contribution in [-0.4, -0.2) is 12.2 Å². The average Bonchev–Trinajstić information content (AvgIpc) is 2.72. The molecule has 1 atom stereocenters. The van der Waals surface area contributed by atoms with Crippen LogP contribution in [0, 0.1) is 0 Å². The van der Waals surface area contributed by atoms with E-state index < -0.39 is 0 Å². The number of phenolic OH excluding ortho intramolecular Hbond substituents is 1. The Morgan fingerprint density at radius 2 is 1.79 bits per heavy atom. The van der Waals surface area contributed by atoms with Crippen molar-refractivity contribution in [3.05, 3.63) is 103 Å². The largest absolute Gasteiger partial charge is 0.507 e. The standard InChI is InChI=1S/C26H27NO/c1-5-18-26(3,19(2)14-15-21-11-7-9-13-24(21)28)25-22-12-8-6-10-20(22)16-17-23(25)27-4/h5-17,27-28H,1-2,18H2,3-4H3. The van der Waals surface area contributed by atoms with Crippen LogP contribution in [0.25, 0.3) is 16.8 Å². The second-order valence-electron chi connectivity index (χ2n) is 7.20. The zero-order valence-electron chi connectivity index (χ0n) is 16.6. The van der Waals surface area contributed by atoms with Crippen LogP contribution in [0.5, 0.6) is 5.75 Å². The number of aromatic hydroxyl groups is 1. The molecule has 0 aromatic heterocycles. The molecule has 1 unspecified atom stereocenters. The predicted octanol–water partition coefficient (Wildman–Crippen LogP) is 6.69. The number of benzene rings is 3. The van der Waals surface area contributed by atoms with Gasteiger partial charge in [-0.1, -0.05) is 80.3 Å². The van der Waals surface area contributed by atoms with Gasteiger partial charge in [0.05, 0.1) is 0 Å². The molecule has 3 aromatic carbocycles. The monoisotopic (exact) mass is 369 g/mol. The number of hydrogen-bond acceptors (Lipinski definition) is 2. The number of para-hydroxylation sites is 1. The first-order valence-corrected chi connectivity index (χ1v) is 9.47. The van der Waals surface area contributed by atoms with Gasteiger partial charge in [-0.05, 0) is 40.5 Å². The first-order valence-electron chi connectivity index (χ1n) is 9.47. The highest BCUT2D eigenvalue weighted by Gasteiger charge is 2.31. The summed E-state index contributed by atoms with van der Waals surface area (Å²) in [5, 5.41) is 15.8. The number of fused-ring (bicyclic) bond motifs is 1. The Morgan fingerprint density at radius 3 is 2.50 bits per heavy atom. The van der Waals surface area contributed by atoms with Crippen LogP contribution in [0.15, 0.2) is 91.5 Å². The maximum absolute atomic E-state index is 10.1. The summed E-state index contributed by atoms with van der Waals surface area (Å²) < 4.78 is 0. The van der Waals surface area contributed by atoms with E-state index in [0.717, 1.165) is 23.2 Å². The number of rotatable bonds is 7. The van der Waals surface area contributed by atoms with Crippen LogP contribution in [-0.2, 0) is 5.41 Å². The molecule has 0 aliphatic heterocycles. The van der Waals surface area contributed by atoms with Gasteiger partial charge in [0.1, 0.15) is 5.75 Å². The lowest BCUT2D eigenvalue weighted by molar-refractivity contribution is 0.474. The van der Waals surface area contributed by atoms with Crippen molar-refractivity contribution in [3.63, 3.8) is 0 Å². The van der Waals surface area contributed by atoms with Crippen molar-refractivity contribution < 1.29 is 5.11 Å². The summed E-state index contributed by atoms with van der Waals surface area (Å²) in [4.78, 5) is 0. The third kappa shape index (κ3) is 3.59. The minimum Gasteiger partial charge on any atom is -0.507 e. The van der Waals surface area contributed by atoms with E-state index in [1.165, 1.54) is 16.3 Å². The first kappa shape index (κ1) is 19.5. The van der Waals surface area contributed by atoms with Crippen molar-refractivity contribution in [3.8, 4) is 5.75 Å². The lowest BCUT2D eigenvalue weighted by Crippen LogP contribution is -2.24. The minimum atomic E-state index is -0.345. The van der Waals surface area contributed by atoms with Crippen molar-refractivity contribution in [2.24, 2.45) is 0 Å². The van der Waals surface area contributed by atoms with Crippen LogP contribution in [0.1, 0.15) is 24.5 Å². The van der Waals surface area contributed by atoms with Crippen molar-refractivity contribution >= 4 is 22.5 Å². The van der Waals surface area contributed by atoms with E-state index in [4.69, 9.17) is 0 Å². The predicted molar refractivity (Wildman–Crippen MR) is 122 cm³/mol. The highest BCUT2D eigenvalue weighted by molar-refractivity contribution is 5.92. The van der Waals surface area contributed by atoms with Crippen LogP contribution in [0.2, 0.25) is 0 Å². The van der Waals surface area contributed by atoms with Crippen LogP contribution in [0.4, 0.5) is 5.69 Å². The molecule has 0 bridgehead atoms. The highest BCUT2D eigenvalue weighted by Crippen LogP contribution is 2.43. The molecule has 2 N–H and O–H groups in total. The number of allylic oxidation sites excluding steroid dienone is 3. The first-order chi connectivity index (χ1) is 13.5. The van der Waals surface area contributed by atoms with Gasteiger partial charge >= 0.3 is 0 Å². The maximum atomic E-state index is 10.1. The van der Waals surface area contributed by atoms with E-state index >= 15 is 0 Å². The summed E-state index contributed by atoms with van der Waals surface area (Å²) in [6.07, 6.45) is 6.61. The smallest absolute Gasteiger partial charge is 0.122 e. The van der Waals surface area contributed by atoms with E-state index in [1.54, 1.807) is 6.07 Å². The van der Waals surface area contributed by atoms with Crippen molar-refractivity contribution in [2.75, 3.05) is 12.4 Å². The molecule has 0 spiro atoms. The summed E-state index contributed by atoms with van der Waals surface area (Å²) in [6, 6.07) is 20.0. The van der Waals surface area contributed by atoms with Crippen LogP contribution < -0.4 is 5.32 Å². The number of hydrogen-bond donors (Lipinski definition) is 2. The summed E-state index contributed by atoms with van der Waals surface area (Å²) >= 11 is 0. The fourth-order valence-corrected chi connectivity index (χ4v) is 3.76. The van der Waals surface area contributed by atoms with Gasteiger partial charge in [0.15, 0.2) is 0 Å². The summed E-state index contributed by atoms with van der Waals surface area (Å²) in [5.74, 6) is 0.262. The molecule has 0 aliphatic rings. The van der Waals surface area contributed by atoms with Crippen LogP contribution >= 0.6 is 0 Å². The van der Waals surface area contributed by atoms with Gasteiger partial charge in [0, 0.05) is 23.7 Å². The van der Waals surface area contributed by atoms with E-state index in [9.17, 15) is 5.11 Å². The van der Waals surface area contributed by atoms with E-state index in [0.29, 0.717) is 0 Å². The molecule has 3 aromatic rings. The van der Waals surface area contributed by atoms with Gasteiger partial charge < -0.3 is 10.4 Å². The summed E-state index contributed by atoms with van der Waals surface area (Å²) in [5.41, 5.74) is 3.68. The lowest BCUT2D eigenvalue weighted by Gasteiger charge is -2.33. The quantitative estimate of drug-likeness (QED) is 0.359. The van der Waals surface area contributed by atoms with E-state index in [2.05, 4.69) is 61.8 Å². The van der Waals surface area contributed by atoms with Gasteiger partial charge in [-0.3, -0.25) is 0 Å². The molecular weight excluding hydrogens is 342 g/mol. The normalized spacial score (nSPS) is 13.4. The Morgan fingerprint density at radius 1 is 1.07 bits per heavy atom. The fourth-order valence-electron chi connectivity index (χ4n) is 3.76. The molecule has 0 saturated carbocycles. The zero-order chi connectivity index (χ0) is 20.1. The van der Waals surface area contributed by atoms with Crippen molar-refractivity contribution in [2.45, 2.75) is 18.8 Å². The minimum absolute atomic E-state index is 0.262. The van der Waals surface area contributed by atoms with Crippen LogP contribution in [0.3, 0.4) is 0 Å². The fraction of sp³-hybridized carbons (Fsp3) is 0.154. The number of anilines is 1. The molecule has 28 heavy (non-hydrogen) atoms. The van der Waals surface area contributed by atoms with Gasteiger partial charge in [-0.2, -0.15) is 0 Å². The Balaban J connectivity index is 2.14. The molecule has 3 rings (SSSR count). The second kappa shape index (κ2) is 8.18. The molecule has 0 radical (unpaired) electrons. The number of phenols is 1. The zero-order valence-corrected chi connectivity index (χ0v) is 16.6. The number of nitrogens with one attached hydrogen (secondary N) is 1. The van der Waals surface area contributed by atoms with E-state index in [1.807, 2.05) is 43.5 Å². The molecule has 0 amide bonds. The van der Waals surface area contributed by atoms with E-state index in [-0.39, 0.29) is 11.2 Å². The Bertz CT molecular complexity index is 1050. The lowest BCUT2D eigenvalue weighted by atomic mass is 9.71. The average molecular weight is 370 g/mol. The Hall–Kier alpha value is -3.26. The molecule has 2 heteroatoms. The molecule has 0 fully saturated rings.